The van der Waals surface area contributed by atoms with Gasteiger partial charge in [0.1, 0.15) is 19.7 Å². The highest BCUT2D eigenvalue weighted by Crippen LogP contribution is 1.81. The van der Waals surface area contributed by atoms with Crippen LogP contribution >= 0.6 is 0 Å². The lowest BCUT2D eigenvalue weighted by Gasteiger charge is -1.69. The van der Waals surface area contributed by atoms with Crippen molar-refractivity contribution in [2.24, 2.45) is 0 Å². The second-order valence-corrected chi connectivity index (χ2v) is 12.2. The average Bonchev–Trinajstić information content (AvgIpc) is 2.99. The molecule has 0 aromatic heterocycles. The summed E-state index contributed by atoms with van der Waals surface area (Å²) in [7, 11) is -5.33. The largest absolute Gasteiger partial charge is 0.229 e. The molecular weight excluding hydrogens is 549 g/mol. The zero-order chi connectivity index (χ0) is 32.7. The quantitative estimate of drug-likeness (QED) is 0.200. The lowest BCUT2D eigenvalue weighted by Crippen LogP contribution is -1.86. The zero-order valence-corrected chi connectivity index (χ0v) is 28.6. The van der Waals surface area contributed by atoms with E-state index in [1.165, 1.54) is 6.42 Å². The second-order valence-electron chi connectivity index (χ2n) is 7.61. The van der Waals surface area contributed by atoms with Crippen LogP contribution in [-0.4, -0.2) is 41.9 Å². The maximum Gasteiger partial charge on any atom is 0.144 e. The molecular formula is C35H56O4S2. The number of benzene rings is 4. The normalized spacial score (nSPS) is 8.24. The Kier molecular flexibility index (Phi) is 47.9. The van der Waals surface area contributed by atoms with Gasteiger partial charge in [-0.1, -0.05) is 194 Å². The van der Waals surface area contributed by atoms with Gasteiger partial charge in [-0.3, -0.25) is 0 Å². The molecule has 0 fully saturated rings. The fourth-order valence-corrected chi connectivity index (χ4v) is 1.54. The average molecular weight is 605 g/mol. The van der Waals surface area contributed by atoms with E-state index in [1.54, 1.807) is 0 Å². The molecule has 4 rings (SSSR count). The van der Waals surface area contributed by atoms with Crippen molar-refractivity contribution < 1.29 is 16.8 Å². The van der Waals surface area contributed by atoms with E-state index in [-0.39, 0.29) is 0 Å². The van der Waals surface area contributed by atoms with E-state index in [1.807, 2.05) is 173 Å². The highest BCUT2D eigenvalue weighted by atomic mass is 32.2. The van der Waals surface area contributed by atoms with E-state index < -0.39 is 19.7 Å². The summed E-state index contributed by atoms with van der Waals surface area (Å²) < 4.78 is 38.5. The Morgan fingerprint density at radius 3 is 0.341 bits per heavy atom. The van der Waals surface area contributed by atoms with Gasteiger partial charge in [-0.05, 0) is 0 Å². The number of hydrogen-bond donors (Lipinski definition) is 0. The molecule has 0 aliphatic rings. The monoisotopic (exact) mass is 604 g/mol. The van der Waals surface area contributed by atoms with Gasteiger partial charge >= 0.3 is 0 Å². The van der Waals surface area contributed by atoms with Crippen LogP contribution in [0.2, 0.25) is 0 Å². The van der Waals surface area contributed by atoms with Gasteiger partial charge in [0.2, 0.25) is 0 Å². The summed E-state index contributed by atoms with van der Waals surface area (Å²) in [6.45, 7) is 12.2. The highest BCUT2D eigenvalue weighted by Gasteiger charge is 1.79. The fraction of sp³-hybridized carbons (Fsp3) is 0.314. The Labute approximate surface area is 254 Å². The van der Waals surface area contributed by atoms with Crippen LogP contribution in [0.4, 0.5) is 0 Å². The first-order chi connectivity index (χ1) is 19.4. The van der Waals surface area contributed by atoms with Gasteiger partial charge in [-0.2, -0.15) is 0 Å². The van der Waals surface area contributed by atoms with Crippen LogP contribution in [0.15, 0.2) is 146 Å². The van der Waals surface area contributed by atoms with Crippen molar-refractivity contribution >= 4 is 19.7 Å². The third-order valence-electron chi connectivity index (χ3n) is 2.67. The maximum atomic E-state index is 9.63. The van der Waals surface area contributed by atoms with Crippen LogP contribution in [0.1, 0.15) is 48.0 Å². The van der Waals surface area contributed by atoms with Crippen molar-refractivity contribution in [3.05, 3.63) is 146 Å². The van der Waals surface area contributed by atoms with Crippen LogP contribution in [0, 0.1) is 0 Å². The van der Waals surface area contributed by atoms with Crippen LogP contribution in [-0.2, 0) is 19.7 Å². The summed E-state index contributed by atoms with van der Waals surface area (Å²) in [4.78, 5) is 0. The summed E-state index contributed by atoms with van der Waals surface area (Å²) in [5, 5.41) is 0. The molecule has 41 heavy (non-hydrogen) atoms. The third-order valence-corrected chi connectivity index (χ3v) is 2.67. The molecule has 0 bridgehead atoms. The van der Waals surface area contributed by atoms with E-state index in [4.69, 9.17) is 0 Å². The first-order valence-electron chi connectivity index (χ1n) is 13.7. The minimum Gasteiger partial charge on any atom is -0.229 e. The molecule has 0 aliphatic heterocycles. The summed E-state index contributed by atoms with van der Waals surface area (Å²) in [6, 6.07) is 48.0. The van der Waals surface area contributed by atoms with E-state index in [0.717, 1.165) is 25.0 Å². The molecule has 4 nitrogen and oxygen atoms in total. The Balaban J connectivity index is -0.000000121. The van der Waals surface area contributed by atoms with Crippen molar-refractivity contribution in [3.8, 4) is 0 Å². The van der Waals surface area contributed by atoms with Crippen molar-refractivity contribution in [3.63, 3.8) is 0 Å². The van der Waals surface area contributed by atoms with Crippen molar-refractivity contribution in [2.75, 3.05) is 25.0 Å². The van der Waals surface area contributed by atoms with Crippen molar-refractivity contribution in [1.29, 1.82) is 0 Å². The molecule has 0 N–H and O–H groups in total. The zero-order valence-electron chi connectivity index (χ0n) is 27.0. The van der Waals surface area contributed by atoms with Crippen LogP contribution in [0.5, 0.6) is 0 Å². The molecule has 0 atom stereocenters. The molecule has 4 aromatic rings. The maximum absolute atomic E-state index is 9.63. The lowest BCUT2D eigenvalue weighted by molar-refractivity contribution is 0.605. The fourth-order valence-electron chi connectivity index (χ4n) is 1.54. The molecule has 0 aliphatic carbocycles. The summed E-state index contributed by atoms with van der Waals surface area (Å²) in [5.41, 5.74) is 0. The van der Waals surface area contributed by atoms with Crippen LogP contribution in [0.3, 0.4) is 0 Å². The molecule has 0 saturated heterocycles. The van der Waals surface area contributed by atoms with Crippen LogP contribution < -0.4 is 0 Å². The molecule has 4 aromatic carbocycles. The lowest BCUT2D eigenvalue weighted by atomic mass is 10.4. The van der Waals surface area contributed by atoms with Gasteiger partial charge in [-0.25, -0.2) is 16.8 Å². The molecule has 6 heteroatoms. The Hall–Kier alpha value is -3.22. The molecule has 0 saturated carbocycles. The summed E-state index contributed by atoms with van der Waals surface area (Å²) in [6.07, 6.45) is 5.89. The molecule has 0 amide bonds. The topological polar surface area (TPSA) is 68.3 Å². The Morgan fingerprint density at radius 1 is 0.293 bits per heavy atom. The van der Waals surface area contributed by atoms with Gasteiger partial charge in [0.15, 0.2) is 0 Å². The Morgan fingerprint density at radius 2 is 0.317 bits per heavy atom. The van der Waals surface area contributed by atoms with E-state index >= 15 is 0 Å². The number of rotatable bonds is 0. The molecule has 0 radical (unpaired) electrons. The smallest absolute Gasteiger partial charge is 0.144 e. The van der Waals surface area contributed by atoms with E-state index in [0.29, 0.717) is 0 Å². The van der Waals surface area contributed by atoms with Gasteiger partial charge in [0.25, 0.3) is 0 Å². The minimum absolute atomic E-state index is 1.16. The predicted octanol–water partition coefficient (Wildman–Crippen LogP) is 9.54. The predicted molar refractivity (Wildman–Crippen MR) is 186 cm³/mol. The SMILES string of the molecule is CC.CC.CCC.CS(C)(=O)=O.CS(C)(=O)=O.c1ccccc1.c1ccccc1.c1ccccc1.c1ccccc1. The standard InChI is InChI=1S/4C6H6.C3H8.2C2H6O2S.2C2H6/c4*1-2-4-6-5-3-1;1-3-2;2*1-5(2,3)4;2*1-2/h4*1-6H;3H2,1-2H3;2*1-2H3;2*1-2H3. The highest BCUT2D eigenvalue weighted by molar-refractivity contribution is 7.90. The summed E-state index contributed by atoms with van der Waals surface area (Å²) in [5.74, 6) is 0. The van der Waals surface area contributed by atoms with Crippen molar-refractivity contribution in [2.45, 2.75) is 48.0 Å². The van der Waals surface area contributed by atoms with E-state index in [9.17, 15) is 16.8 Å². The third kappa shape index (κ3) is 103. The van der Waals surface area contributed by atoms with Crippen molar-refractivity contribution in [1.82, 2.24) is 0 Å². The van der Waals surface area contributed by atoms with Gasteiger partial charge in [0, 0.05) is 25.0 Å². The van der Waals surface area contributed by atoms with E-state index in [2.05, 4.69) is 13.8 Å². The Bertz CT molecular complexity index is 825. The number of sulfone groups is 2. The second kappa shape index (κ2) is 41.3. The molecule has 0 spiro atoms. The summed E-state index contributed by atoms with van der Waals surface area (Å²) >= 11 is 0. The van der Waals surface area contributed by atoms with Crippen LogP contribution in [0.25, 0.3) is 0 Å². The number of hydrogen-bond acceptors (Lipinski definition) is 4. The molecule has 0 unspecified atom stereocenters. The van der Waals surface area contributed by atoms with Gasteiger partial charge in [0.05, 0.1) is 0 Å². The molecule has 0 heterocycles. The van der Waals surface area contributed by atoms with Gasteiger partial charge in [-0.15, -0.1) is 0 Å². The molecule has 232 valence electrons. The van der Waals surface area contributed by atoms with Gasteiger partial charge < -0.3 is 0 Å². The minimum atomic E-state index is -2.67. The first kappa shape index (κ1) is 47.6. The first-order valence-corrected chi connectivity index (χ1v) is 18.3.